The highest BCUT2D eigenvalue weighted by Gasteiger charge is 2.37. The lowest BCUT2D eigenvalue weighted by atomic mass is 9.87. The topological polar surface area (TPSA) is 17.8 Å². The summed E-state index contributed by atoms with van der Waals surface area (Å²) in [5.41, 5.74) is 2.62. The highest BCUT2D eigenvalue weighted by atomic mass is 35.5. The van der Waals surface area contributed by atoms with E-state index >= 15 is 0 Å². The first-order chi connectivity index (χ1) is 9.44. The Labute approximate surface area is 123 Å². The van der Waals surface area contributed by atoms with E-state index in [4.69, 9.17) is 11.6 Å². The number of aryl methyl sites for hydroxylation is 1. The average Bonchev–Trinajstić information content (AvgIpc) is 2.89. The molecule has 3 rings (SSSR count). The highest BCUT2D eigenvalue weighted by Crippen LogP contribution is 2.47. The van der Waals surface area contributed by atoms with E-state index in [0.717, 1.165) is 17.8 Å². The number of alkyl halides is 1. The molecule has 0 radical (unpaired) electrons. The fourth-order valence-electron chi connectivity index (χ4n) is 3.50. The number of fused-ring (bicyclic) bond motifs is 1. The number of rotatable bonds is 2. The molecule has 0 amide bonds. The largest absolute Gasteiger partial charge is 0.323 e. The van der Waals surface area contributed by atoms with Crippen molar-refractivity contribution in [2.24, 2.45) is 5.41 Å². The van der Waals surface area contributed by atoms with E-state index in [1.165, 1.54) is 18.9 Å². The zero-order valence-electron chi connectivity index (χ0n) is 12.2. The van der Waals surface area contributed by atoms with Crippen LogP contribution in [0.1, 0.15) is 50.5 Å². The minimum absolute atomic E-state index is 0.200. The van der Waals surface area contributed by atoms with Crippen LogP contribution < -0.4 is 0 Å². The molecular weight excluding hydrogens is 275 g/mol. The third kappa shape index (κ3) is 2.03. The van der Waals surface area contributed by atoms with Crippen molar-refractivity contribution in [2.45, 2.75) is 52.0 Å². The number of imidazole rings is 1. The van der Waals surface area contributed by atoms with Gasteiger partial charge in [-0.1, -0.05) is 20.3 Å². The monoisotopic (exact) mass is 294 g/mol. The van der Waals surface area contributed by atoms with Crippen molar-refractivity contribution in [2.75, 3.05) is 0 Å². The van der Waals surface area contributed by atoms with Crippen LogP contribution in [0.3, 0.4) is 0 Å². The normalized spacial score (nSPS) is 21.8. The molecule has 0 saturated heterocycles. The molecule has 0 spiro atoms. The number of nitrogens with zero attached hydrogens (tertiary/aromatic N) is 2. The first-order valence-electron chi connectivity index (χ1n) is 7.17. The van der Waals surface area contributed by atoms with Crippen LogP contribution in [0.25, 0.3) is 11.0 Å². The second-order valence-corrected chi connectivity index (χ2v) is 6.79. The van der Waals surface area contributed by atoms with Gasteiger partial charge in [0.2, 0.25) is 0 Å². The molecule has 1 fully saturated rings. The summed E-state index contributed by atoms with van der Waals surface area (Å²) < 4.78 is 16.0. The van der Waals surface area contributed by atoms with E-state index in [1.54, 1.807) is 6.92 Å². The van der Waals surface area contributed by atoms with Gasteiger partial charge in [0, 0.05) is 12.1 Å². The summed E-state index contributed by atoms with van der Waals surface area (Å²) in [5.74, 6) is 1.02. The van der Waals surface area contributed by atoms with Gasteiger partial charge < -0.3 is 4.57 Å². The summed E-state index contributed by atoms with van der Waals surface area (Å²) in [4.78, 5) is 4.53. The zero-order chi connectivity index (χ0) is 14.5. The van der Waals surface area contributed by atoms with E-state index in [0.29, 0.717) is 23.0 Å². The second kappa shape index (κ2) is 4.73. The Morgan fingerprint density at radius 3 is 2.80 bits per heavy atom. The Kier molecular flexibility index (Phi) is 3.28. The third-order valence-corrected chi connectivity index (χ3v) is 4.91. The predicted molar refractivity (Wildman–Crippen MR) is 80.7 cm³/mol. The van der Waals surface area contributed by atoms with Crippen LogP contribution in [0.5, 0.6) is 0 Å². The van der Waals surface area contributed by atoms with Gasteiger partial charge in [0.1, 0.15) is 11.6 Å². The van der Waals surface area contributed by atoms with E-state index in [2.05, 4.69) is 23.4 Å². The molecule has 2 aromatic rings. The summed E-state index contributed by atoms with van der Waals surface area (Å²) in [6, 6.07) is 3.83. The van der Waals surface area contributed by atoms with Gasteiger partial charge in [0.25, 0.3) is 0 Å². The quantitative estimate of drug-likeness (QED) is 0.715. The van der Waals surface area contributed by atoms with Crippen molar-refractivity contribution < 1.29 is 4.39 Å². The molecule has 1 aliphatic carbocycles. The standard InChI is InChI=1S/C16H20ClFN2/c1-10-7-13-12(8-11(10)18)19-15(9-17)20(13)14-5-4-6-16(14,2)3/h7-8,14H,4-6,9H2,1-3H3. The molecular formula is C16H20ClFN2. The van der Waals surface area contributed by atoms with Crippen molar-refractivity contribution in [3.05, 3.63) is 29.3 Å². The van der Waals surface area contributed by atoms with E-state index in [-0.39, 0.29) is 11.2 Å². The number of hydrogen-bond acceptors (Lipinski definition) is 1. The first kappa shape index (κ1) is 13.9. The molecule has 0 bridgehead atoms. The highest BCUT2D eigenvalue weighted by molar-refractivity contribution is 6.16. The van der Waals surface area contributed by atoms with Crippen molar-refractivity contribution >= 4 is 22.6 Å². The summed E-state index contributed by atoms with van der Waals surface area (Å²) >= 11 is 6.08. The third-order valence-electron chi connectivity index (χ3n) is 4.67. The summed E-state index contributed by atoms with van der Waals surface area (Å²) in [5, 5.41) is 0. The van der Waals surface area contributed by atoms with Gasteiger partial charge in [-0.05, 0) is 36.8 Å². The van der Waals surface area contributed by atoms with Crippen LogP contribution in [0, 0.1) is 18.2 Å². The lowest BCUT2D eigenvalue weighted by molar-refractivity contribution is 0.262. The zero-order valence-corrected chi connectivity index (χ0v) is 13.0. The van der Waals surface area contributed by atoms with Gasteiger partial charge in [0.15, 0.2) is 0 Å². The molecule has 1 heterocycles. The fourth-order valence-corrected chi connectivity index (χ4v) is 3.69. The van der Waals surface area contributed by atoms with Gasteiger partial charge in [0.05, 0.1) is 16.9 Å². The molecule has 1 aliphatic rings. The maximum atomic E-state index is 13.7. The Hall–Kier alpha value is -1.09. The molecule has 1 unspecified atom stereocenters. The predicted octanol–water partition coefficient (Wildman–Crippen LogP) is 4.97. The fraction of sp³-hybridized carbons (Fsp3) is 0.562. The first-order valence-corrected chi connectivity index (χ1v) is 7.70. The van der Waals surface area contributed by atoms with Crippen LogP contribution in [0.2, 0.25) is 0 Å². The molecule has 20 heavy (non-hydrogen) atoms. The van der Waals surface area contributed by atoms with Gasteiger partial charge >= 0.3 is 0 Å². The number of aromatic nitrogens is 2. The van der Waals surface area contributed by atoms with Crippen LogP contribution in [0.4, 0.5) is 4.39 Å². The number of halogens is 2. The van der Waals surface area contributed by atoms with E-state index in [9.17, 15) is 4.39 Å². The summed E-state index contributed by atoms with van der Waals surface area (Å²) in [7, 11) is 0. The van der Waals surface area contributed by atoms with Crippen molar-refractivity contribution in [3.8, 4) is 0 Å². The van der Waals surface area contributed by atoms with Crippen molar-refractivity contribution in [1.82, 2.24) is 9.55 Å². The molecule has 1 atom stereocenters. The van der Waals surface area contributed by atoms with Crippen LogP contribution in [-0.4, -0.2) is 9.55 Å². The SMILES string of the molecule is Cc1cc2c(cc1F)nc(CCl)n2C1CCCC1(C)C. The maximum absolute atomic E-state index is 13.7. The number of benzene rings is 1. The van der Waals surface area contributed by atoms with Crippen molar-refractivity contribution in [1.29, 1.82) is 0 Å². The lowest BCUT2D eigenvalue weighted by Gasteiger charge is -2.30. The minimum atomic E-state index is -0.200. The Bertz CT molecular complexity index is 660. The van der Waals surface area contributed by atoms with Gasteiger partial charge in [-0.2, -0.15) is 0 Å². The Balaban J connectivity index is 2.25. The van der Waals surface area contributed by atoms with Crippen molar-refractivity contribution in [3.63, 3.8) is 0 Å². The minimum Gasteiger partial charge on any atom is -0.323 e. The van der Waals surface area contributed by atoms with Crippen LogP contribution >= 0.6 is 11.6 Å². The summed E-state index contributed by atoms with van der Waals surface area (Å²) in [6.45, 7) is 6.39. The van der Waals surface area contributed by atoms with E-state index in [1.807, 2.05) is 6.07 Å². The molecule has 1 aromatic carbocycles. The van der Waals surface area contributed by atoms with Gasteiger partial charge in [-0.3, -0.25) is 0 Å². The molecule has 108 valence electrons. The number of hydrogen-bond donors (Lipinski definition) is 0. The molecule has 4 heteroatoms. The molecule has 1 saturated carbocycles. The Morgan fingerprint density at radius 1 is 1.45 bits per heavy atom. The molecule has 0 aliphatic heterocycles. The van der Waals surface area contributed by atoms with Gasteiger partial charge in [-0.25, -0.2) is 9.37 Å². The van der Waals surface area contributed by atoms with E-state index < -0.39 is 0 Å². The molecule has 1 aromatic heterocycles. The van der Waals surface area contributed by atoms with Gasteiger partial charge in [-0.15, -0.1) is 11.6 Å². The summed E-state index contributed by atoms with van der Waals surface area (Å²) in [6.07, 6.45) is 3.57. The second-order valence-electron chi connectivity index (χ2n) is 6.52. The van der Waals surface area contributed by atoms with Crippen LogP contribution in [0.15, 0.2) is 12.1 Å². The maximum Gasteiger partial charge on any atom is 0.128 e. The lowest BCUT2D eigenvalue weighted by Crippen LogP contribution is -2.23. The molecule has 2 nitrogen and oxygen atoms in total. The molecule has 0 N–H and O–H groups in total. The Morgan fingerprint density at radius 2 is 2.20 bits per heavy atom. The van der Waals surface area contributed by atoms with Crippen LogP contribution in [-0.2, 0) is 5.88 Å². The smallest absolute Gasteiger partial charge is 0.128 e. The average molecular weight is 295 g/mol.